The van der Waals surface area contributed by atoms with Crippen LogP contribution in [0.3, 0.4) is 0 Å². The Morgan fingerprint density at radius 3 is 2.67 bits per heavy atom. The fraction of sp³-hybridized carbons (Fsp3) is 0.100. The molecule has 1 N–H and O–H groups in total. The summed E-state index contributed by atoms with van der Waals surface area (Å²) in [5.74, 6) is 0.193. The van der Waals surface area contributed by atoms with Crippen molar-refractivity contribution < 1.29 is 9.90 Å². The van der Waals surface area contributed by atoms with E-state index in [1.54, 1.807) is 31.2 Å². The summed E-state index contributed by atoms with van der Waals surface area (Å²) in [6.07, 6.45) is 2.40. The van der Waals surface area contributed by atoms with E-state index in [9.17, 15) is 9.90 Å². The van der Waals surface area contributed by atoms with Crippen molar-refractivity contribution in [1.29, 1.82) is 0 Å². The van der Waals surface area contributed by atoms with Gasteiger partial charge in [-0.3, -0.25) is 4.79 Å². The first-order valence-electron chi connectivity index (χ1n) is 3.65. The number of aromatic hydroxyl groups is 1. The molecule has 2 nitrogen and oxygen atoms in total. The third kappa shape index (κ3) is 1.95. The van der Waals surface area contributed by atoms with E-state index < -0.39 is 0 Å². The van der Waals surface area contributed by atoms with Gasteiger partial charge < -0.3 is 5.11 Å². The summed E-state index contributed by atoms with van der Waals surface area (Å²) in [4.78, 5) is 10.3. The van der Waals surface area contributed by atoms with Crippen LogP contribution in [0.2, 0.25) is 0 Å². The number of carbonyl (C=O) groups excluding carboxylic acids is 1. The van der Waals surface area contributed by atoms with E-state index in [2.05, 4.69) is 0 Å². The van der Waals surface area contributed by atoms with Crippen LogP contribution in [0.25, 0.3) is 6.08 Å². The van der Waals surface area contributed by atoms with Crippen LogP contribution in [0, 0.1) is 0 Å². The van der Waals surface area contributed by atoms with E-state index in [4.69, 9.17) is 0 Å². The van der Waals surface area contributed by atoms with Gasteiger partial charge in [-0.2, -0.15) is 0 Å². The van der Waals surface area contributed by atoms with E-state index >= 15 is 0 Å². The highest BCUT2D eigenvalue weighted by Gasteiger charge is 1.94. The molecule has 1 aromatic rings. The van der Waals surface area contributed by atoms with E-state index in [-0.39, 0.29) is 5.75 Å². The molecule has 0 fully saturated rings. The monoisotopic (exact) mass is 162 g/mol. The minimum atomic E-state index is 0.193. The van der Waals surface area contributed by atoms with Crippen molar-refractivity contribution in [2.45, 2.75) is 6.92 Å². The standard InChI is InChI=1S/C10H10O2/c1-8(7-11)6-9-4-2-3-5-10(9)12/h2-7,12H,1H3. The number of rotatable bonds is 2. The normalized spacial score (nSPS) is 11.2. The average molecular weight is 162 g/mol. The zero-order valence-corrected chi connectivity index (χ0v) is 6.82. The lowest BCUT2D eigenvalue weighted by molar-refractivity contribution is -0.104. The van der Waals surface area contributed by atoms with E-state index in [0.717, 1.165) is 6.29 Å². The molecule has 0 atom stereocenters. The van der Waals surface area contributed by atoms with Gasteiger partial charge in [-0.15, -0.1) is 0 Å². The Kier molecular flexibility index (Phi) is 2.64. The van der Waals surface area contributed by atoms with Crippen LogP contribution in [0.1, 0.15) is 12.5 Å². The molecule has 0 bridgehead atoms. The average Bonchev–Trinajstić information content (AvgIpc) is 2.09. The van der Waals surface area contributed by atoms with Gasteiger partial charge in [0.05, 0.1) is 0 Å². The van der Waals surface area contributed by atoms with Crippen LogP contribution < -0.4 is 0 Å². The first kappa shape index (κ1) is 8.53. The summed E-state index contributed by atoms with van der Waals surface area (Å²) in [5, 5.41) is 9.29. The Labute approximate surface area is 71.2 Å². The molecule has 12 heavy (non-hydrogen) atoms. The summed E-state index contributed by atoms with van der Waals surface area (Å²) in [6, 6.07) is 6.89. The fourth-order valence-electron chi connectivity index (χ4n) is 0.889. The van der Waals surface area contributed by atoms with Crippen molar-refractivity contribution in [3.05, 3.63) is 35.4 Å². The SMILES string of the molecule is CC(C=O)=Cc1ccccc1O. The summed E-state index contributed by atoms with van der Waals surface area (Å²) in [6.45, 7) is 1.69. The lowest BCUT2D eigenvalue weighted by Gasteiger charge is -1.97. The van der Waals surface area contributed by atoms with Crippen molar-refractivity contribution in [3.8, 4) is 5.75 Å². The molecule has 0 unspecified atom stereocenters. The number of phenols is 1. The summed E-state index contributed by atoms with van der Waals surface area (Å²) < 4.78 is 0. The van der Waals surface area contributed by atoms with Crippen molar-refractivity contribution in [2.24, 2.45) is 0 Å². The van der Waals surface area contributed by atoms with Crippen LogP contribution in [0.4, 0.5) is 0 Å². The van der Waals surface area contributed by atoms with E-state index in [1.807, 2.05) is 6.07 Å². The largest absolute Gasteiger partial charge is 0.507 e. The second-order valence-electron chi connectivity index (χ2n) is 2.57. The third-order valence-electron chi connectivity index (χ3n) is 1.51. The second-order valence-corrected chi connectivity index (χ2v) is 2.57. The maximum atomic E-state index is 10.3. The van der Waals surface area contributed by atoms with Crippen LogP contribution in [0.5, 0.6) is 5.75 Å². The van der Waals surface area contributed by atoms with Crippen molar-refractivity contribution in [3.63, 3.8) is 0 Å². The summed E-state index contributed by atoms with van der Waals surface area (Å²) in [5.41, 5.74) is 1.26. The number of carbonyl (C=O) groups is 1. The lowest BCUT2D eigenvalue weighted by Crippen LogP contribution is -1.78. The Hall–Kier alpha value is -1.57. The molecule has 0 radical (unpaired) electrons. The molecule has 1 rings (SSSR count). The lowest BCUT2D eigenvalue weighted by atomic mass is 10.1. The number of allylic oxidation sites excluding steroid dienone is 1. The number of phenolic OH excluding ortho intramolecular Hbond substituents is 1. The number of para-hydroxylation sites is 1. The number of benzene rings is 1. The van der Waals surface area contributed by atoms with Gasteiger partial charge in [-0.25, -0.2) is 0 Å². The van der Waals surface area contributed by atoms with Gasteiger partial charge in [0.1, 0.15) is 12.0 Å². The first-order valence-corrected chi connectivity index (χ1v) is 3.65. The van der Waals surface area contributed by atoms with E-state index in [0.29, 0.717) is 11.1 Å². The summed E-state index contributed by atoms with van der Waals surface area (Å²) in [7, 11) is 0. The minimum Gasteiger partial charge on any atom is -0.507 e. The first-order chi connectivity index (χ1) is 5.74. The zero-order valence-electron chi connectivity index (χ0n) is 6.82. The molecule has 0 amide bonds. The predicted octanol–water partition coefficient (Wildman–Crippen LogP) is 1.99. The number of hydrogen-bond acceptors (Lipinski definition) is 2. The van der Waals surface area contributed by atoms with Gasteiger partial charge >= 0.3 is 0 Å². The highest BCUT2D eigenvalue weighted by molar-refractivity contribution is 5.81. The Morgan fingerprint density at radius 1 is 1.42 bits per heavy atom. The van der Waals surface area contributed by atoms with Crippen LogP contribution >= 0.6 is 0 Å². The second kappa shape index (κ2) is 3.72. The molecule has 0 aliphatic rings. The molecular formula is C10H10O2. The molecule has 62 valence electrons. The van der Waals surface area contributed by atoms with Crippen molar-refractivity contribution in [2.75, 3.05) is 0 Å². The Bertz CT molecular complexity index is 313. The van der Waals surface area contributed by atoms with Gasteiger partial charge in [0.2, 0.25) is 0 Å². The van der Waals surface area contributed by atoms with Crippen LogP contribution in [0.15, 0.2) is 29.8 Å². The molecule has 1 aromatic carbocycles. The zero-order chi connectivity index (χ0) is 8.97. The van der Waals surface area contributed by atoms with Gasteiger partial charge in [0, 0.05) is 5.56 Å². The predicted molar refractivity (Wildman–Crippen MR) is 47.8 cm³/mol. The minimum absolute atomic E-state index is 0.193. The molecule has 0 heterocycles. The van der Waals surface area contributed by atoms with Crippen molar-refractivity contribution in [1.82, 2.24) is 0 Å². The highest BCUT2D eigenvalue weighted by atomic mass is 16.3. The highest BCUT2D eigenvalue weighted by Crippen LogP contribution is 2.17. The molecule has 2 heteroatoms. The van der Waals surface area contributed by atoms with Gasteiger partial charge in [0.25, 0.3) is 0 Å². The molecule has 0 aliphatic heterocycles. The topological polar surface area (TPSA) is 37.3 Å². The number of aldehydes is 1. The maximum absolute atomic E-state index is 10.3. The summed E-state index contributed by atoms with van der Waals surface area (Å²) >= 11 is 0. The van der Waals surface area contributed by atoms with Crippen LogP contribution in [-0.4, -0.2) is 11.4 Å². The molecule has 0 saturated carbocycles. The molecule has 0 saturated heterocycles. The van der Waals surface area contributed by atoms with Gasteiger partial charge in [-0.05, 0) is 24.6 Å². The smallest absolute Gasteiger partial charge is 0.145 e. The van der Waals surface area contributed by atoms with Crippen LogP contribution in [-0.2, 0) is 4.79 Å². The van der Waals surface area contributed by atoms with Gasteiger partial charge in [0.15, 0.2) is 0 Å². The van der Waals surface area contributed by atoms with Crippen molar-refractivity contribution >= 4 is 12.4 Å². The fourth-order valence-corrected chi connectivity index (χ4v) is 0.889. The Morgan fingerprint density at radius 2 is 2.08 bits per heavy atom. The third-order valence-corrected chi connectivity index (χ3v) is 1.51. The Balaban J connectivity index is 3.04. The maximum Gasteiger partial charge on any atom is 0.145 e. The quantitative estimate of drug-likeness (QED) is 0.533. The molecule has 0 spiro atoms. The molecule has 0 aliphatic carbocycles. The van der Waals surface area contributed by atoms with Gasteiger partial charge in [-0.1, -0.05) is 18.2 Å². The molecule has 0 aromatic heterocycles. The van der Waals surface area contributed by atoms with E-state index in [1.165, 1.54) is 0 Å². The number of hydrogen-bond donors (Lipinski definition) is 1. The molecular weight excluding hydrogens is 152 g/mol.